The van der Waals surface area contributed by atoms with E-state index in [1.807, 2.05) is 0 Å². The summed E-state index contributed by atoms with van der Waals surface area (Å²) in [5, 5.41) is 12.4. The normalized spacial score (nSPS) is 22.4. The van der Waals surface area contributed by atoms with Crippen LogP contribution in [0.2, 0.25) is 0 Å². The van der Waals surface area contributed by atoms with Gasteiger partial charge in [0.1, 0.15) is 12.2 Å². The lowest BCUT2D eigenvalue weighted by Crippen LogP contribution is -2.44. The van der Waals surface area contributed by atoms with E-state index < -0.39 is 5.97 Å². The highest BCUT2D eigenvalue weighted by Gasteiger charge is 2.26. The molecule has 0 radical (unpaired) electrons. The first-order valence-electron chi connectivity index (χ1n) is 6.82. The maximum atomic E-state index is 12.3. The van der Waals surface area contributed by atoms with Gasteiger partial charge in [0.05, 0.1) is 0 Å². The van der Waals surface area contributed by atoms with Gasteiger partial charge in [-0.05, 0) is 31.2 Å². The van der Waals surface area contributed by atoms with Crippen molar-refractivity contribution in [3.8, 4) is 0 Å². The van der Waals surface area contributed by atoms with E-state index in [1.54, 1.807) is 30.1 Å². The van der Waals surface area contributed by atoms with Crippen molar-refractivity contribution in [3.05, 3.63) is 24.0 Å². The molecular weight excluding hydrogens is 276 g/mol. The average molecular weight is 296 g/mol. The fourth-order valence-electron chi connectivity index (χ4n) is 2.69. The van der Waals surface area contributed by atoms with E-state index in [1.165, 1.54) is 11.0 Å². The van der Waals surface area contributed by atoms with Gasteiger partial charge in [-0.1, -0.05) is 12.8 Å². The van der Waals surface area contributed by atoms with Crippen LogP contribution >= 0.6 is 11.8 Å². The van der Waals surface area contributed by atoms with Crippen LogP contribution in [-0.2, 0) is 11.3 Å². The minimum atomic E-state index is -0.949. The highest BCUT2D eigenvalue weighted by Crippen LogP contribution is 2.27. The third kappa shape index (κ3) is 3.56. The number of nitrogens with one attached hydrogen (secondary N) is 1. The Morgan fingerprint density at radius 3 is 2.90 bits per heavy atom. The second-order valence-electron chi connectivity index (χ2n) is 5.05. The molecule has 1 heterocycles. The van der Waals surface area contributed by atoms with Crippen molar-refractivity contribution in [2.75, 3.05) is 6.26 Å². The number of nitrogens with zero attached hydrogens (tertiary/aromatic N) is 1. The van der Waals surface area contributed by atoms with Crippen LogP contribution in [0.15, 0.2) is 18.3 Å². The molecule has 1 aromatic heterocycles. The van der Waals surface area contributed by atoms with Crippen LogP contribution in [-0.4, -0.2) is 39.1 Å². The third-order valence-corrected chi connectivity index (χ3v) is 4.86. The third-order valence-electron chi connectivity index (χ3n) is 3.69. The lowest BCUT2D eigenvalue weighted by Gasteiger charge is -2.31. The van der Waals surface area contributed by atoms with Gasteiger partial charge < -0.3 is 15.0 Å². The Labute approximate surface area is 122 Å². The summed E-state index contributed by atoms with van der Waals surface area (Å²) >= 11 is 1.79. The molecule has 0 aromatic carbocycles. The predicted octanol–water partition coefficient (Wildman–Crippen LogP) is 1.98. The fourth-order valence-corrected chi connectivity index (χ4v) is 3.63. The van der Waals surface area contributed by atoms with Gasteiger partial charge in [0.2, 0.25) is 0 Å². The SMILES string of the molecule is CSC1CCCCC1NC(=O)c1cccn1CC(=O)O. The Bertz CT molecular complexity index is 487. The van der Waals surface area contributed by atoms with Gasteiger partial charge in [0.25, 0.3) is 5.91 Å². The molecule has 2 unspecified atom stereocenters. The minimum absolute atomic E-state index is 0.179. The number of aromatic nitrogens is 1. The van der Waals surface area contributed by atoms with Crippen LogP contribution in [0.3, 0.4) is 0 Å². The number of carboxylic acid groups (broad SMARTS) is 1. The molecule has 0 bridgehead atoms. The predicted molar refractivity (Wildman–Crippen MR) is 79.1 cm³/mol. The highest BCUT2D eigenvalue weighted by molar-refractivity contribution is 7.99. The van der Waals surface area contributed by atoms with Gasteiger partial charge in [-0.15, -0.1) is 0 Å². The number of thioether (sulfide) groups is 1. The summed E-state index contributed by atoms with van der Waals surface area (Å²) in [6.45, 7) is -0.188. The number of amides is 1. The summed E-state index contributed by atoms with van der Waals surface area (Å²) in [5.74, 6) is -1.13. The molecule has 2 atom stereocenters. The first-order valence-corrected chi connectivity index (χ1v) is 8.11. The zero-order valence-corrected chi connectivity index (χ0v) is 12.4. The molecule has 0 aliphatic heterocycles. The Kier molecular flexibility index (Phi) is 5.11. The molecule has 20 heavy (non-hydrogen) atoms. The van der Waals surface area contributed by atoms with Crippen LogP contribution in [0.4, 0.5) is 0 Å². The van der Waals surface area contributed by atoms with E-state index in [9.17, 15) is 9.59 Å². The highest BCUT2D eigenvalue weighted by atomic mass is 32.2. The summed E-state index contributed by atoms with van der Waals surface area (Å²) in [7, 11) is 0. The minimum Gasteiger partial charge on any atom is -0.480 e. The topological polar surface area (TPSA) is 71.3 Å². The molecule has 0 saturated heterocycles. The molecule has 1 saturated carbocycles. The second kappa shape index (κ2) is 6.83. The molecule has 0 spiro atoms. The van der Waals surface area contributed by atoms with Crippen LogP contribution in [0, 0.1) is 0 Å². The van der Waals surface area contributed by atoms with E-state index in [0.717, 1.165) is 19.3 Å². The Morgan fingerprint density at radius 1 is 1.45 bits per heavy atom. The van der Waals surface area contributed by atoms with E-state index in [-0.39, 0.29) is 18.5 Å². The van der Waals surface area contributed by atoms with E-state index in [0.29, 0.717) is 10.9 Å². The molecule has 6 heteroatoms. The lowest BCUT2D eigenvalue weighted by atomic mass is 9.95. The number of rotatable bonds is 5. The summed E-state index contributed by atoms with van der Waals surface area (Å²) < 4.78 is 1.47. The first kappa shape index (κ1) is 15.0. The van der Waals surface area contributed by atoms with Crippen molar-refractivity contribution >= 4 is 23.6 Å². The Morgan fingerprint density at radius 2 is 2.20 bits per heavy atom. The monoisotopic (exact) mass is 296 g/mol. The van der Waals surface area contributed by atoms with Crippen LogP contribution < -0.4 is 5.32 Å². The summed E-state index contributed by atoms with van der Waals surface area (Å²) in [6, 6.07) is 3.54. The lowest BCUT2D eigenvalue weighted by molar-refractivity contribution is -0.137. The fraction of sp³-hybridized carbons (Fsp3) is 0.571. The van der Waals surface area contributed by atoms with Gasteiger partial charge in [-0.3, -0.25) is 9.59 Å². The molecule has 1 fully saturated rings. The molecule has 1 aliphatic rings. The van der Waals surface area contributed by atoms with Gasteiger partial charge in [0.15, 0.2) is 0 Å². The Balaban J connectivity index is 2.04. The van der Waals surface area contributed by atoms with Crippen LogP contribution in [0.25, 0.3) is 0 Å². The second-order valence-corrected chi connectivity index (χ2v) is 6.13. The molecule has 110 valence electrons. The zero-order valence-electron chi connectivity index (χ0n) is 11.5. The average Bonchev–Trinajstić information content (AvgIpc) is 2.86. The number of aliphatic carboxylic acids is 1. The van der Waals surface area contributed by atoms with Crippen molar-refractivity contribution in [1.82, 2.24) is 9.88 Å². The van der Waals surface area contributed by atoms with Crippen LogP contribution in [0.1, 0.15) is 36.2 Å². The quantitative estimate of drug-likeness (QED) is 0.871. The number of carbonyl (C=O) groups is 2. The van der Waals surface area contributed by atoms with E-state index in [4.69, 9.17) is 5.11 Å². The summed E-state index contributed by atoms with van der Waals surface area (Å²) in [6.07, 6.45) is 8.17. The maximum Gasteiger partial charge on any atom is 0.323 e. The number of hydrogen-bond acceptors (Lipinski definition) is 3. The van der Waals surface area contributed by atoms with Crippen molar-refractivity contribution in [2.24, 2.45) is 0 Å². The Hall–Kier alpha value is -1.43. The summed E-state index contributed by atoms with van der Waals surface area (Å²) in [4.78, 5) is 23.1. The molecule has 5 nitrogen and oxygen atoms in total. The standard InChI is InChI=1S/C14H20N2O3S/c1-20-12-7-3-2-5-10(12)15-14(19)11-6-4-8-16(11)9-13(17)18/h4,6,8,10,12H,2-3,5,7,9H2,1H3,(H,15,19)(H,17,18). The van der Waals surface area contributed by atoms with Crippen LogP contribution in [0.5, 0.6) is 0 Å². The molecule has 2 rings (SSSR count). The molecule has 1 aliphatic carbocycles. The summed E-state index contributed by atoms with van der Waals surface area (Å²) in [5.41, 5.74) is 0.415. The van der Waals surface area contributed by atoms with Crippen molar-refractivity contribution in [2.45, 2.75) is 43.5 Å². The zero-order chi connectivity index (χ0) is 14.5. The van der Waals surface area contributed by atoms with Gasteiger partial charge in [-0.25, -0.2) is 0 Å². The van der Waals surface area contributed by atoms with Crippen molar-refractivity contribution < 1.29 is 14.7 Å². The molecular formula is C14H20N2O3S. The van der Waals surface area contributed by atoms with E-state index in [2.05, 4.69) is 11.6 Å². The molecule has 1 aromatic rings. The smallest absolute Gasteiger partial charge is 0.323 e. The van der Waals surface area contributed by atoms with Gasteiger partial charge in [-0.2, -0.15) is 11.8 Å². The number of hydrogen-bond donors (Lipinski definition) is 2. The van der Waals surface area contributed by atoms with Gasteiger partial charge >= 0.3 is 5.97 Å². The van der Waals surface area contributed by atoms with E-state index >= 15 is 0 Å². The maximum absolute atomic E-state index is 12.3. The first-order chi connectivity index (χ1) is 9.61. The van der Waals surface area contributed by atoms with Crippen molar-refractivity contribution in [3.63, 3.8) is 0 Å². The van der Waals surface area contributed by atoms with Gasteiger partial charge in [0, 0.05) is 17.5 Å². The van der Waals surface area contributed by atoms with Crippen molar-refractivity contribution in [1.29, 1.82) is 0 Å². The number of carboxylic acids is 1. The largest absolute Gasteiger partial charge is 0.480 e. The molecule has 2 N–H and O–H groups in total. The molecule has 1 amide bonds. The number of carbonyl (C=O) groups excluding carboxylic acids is 1.